The molecule has 1 aliphatic heterocycles. The first-order chi connectivity index (χ1) is 9.03. The number of nitrogens with one attached hydrogen (secondary N) is 1. The Balaban J connectivity index is 1.93. The summed E-state index contributed by atoms with van der Waals surface area (Å²) >= 11 is 0. The number of rotatable bonds is 4. The highest BCUT2D eigenvalue weighted by atomic mass is 16.5. The summed E-state index contributed by atoms with van der Waals surface area (Å²) in [5.74, 6) is -0.968. The van der Waals surface area contributed by atoms with Crippen molar-refractivity contribution in [3.05, 3.63) is 0 Å². The van der Waals surface area contributed by atoms with Crippen LogP contribution in [0.2, 0.25) is 0 Å². The van der Waals surface area contributed by atoms with Crippen molar-refractivity contribution in [3.8, 4) is 0 Å². The van der Waals surface area contributed by atoms with Crippen LogP contribution < -0.4 is 5.32 Å². The van der Waals surface area contributed by atoms with E-state index in [1.54, 1.807) is 0 Å². The third-order valence-electron chi connectivity index (χ3n) is 4.49. The molecular weight excluding hydrogens is 246 g/mol. The van der Waals surface area contributed by atoms with Crippen LogP contribution in [0.3, 0.4) is 0 Å². The zero-order valence-electron chi connectivity index (χ0n) is 11.5. The second kappa shape index (κ2) is 5.90. The van der Waals surface area contributed by atoms with Gasteiger partial charge in [0.2, 0.25) is 5.91 Å². The quantitative estimate of drug-likeness (QED) is 0.814. The lowest BCUT2D eigenvalue weighted by molar-refractivity contribution is -0.154. The highest BCUT2D eigenvalue weighted by Crippen LogP contribution is 2.39. The second-order valence-corrected chi connectivity index (χ2v) is 5.86. The Bertz CT molecular complexity index is 349. The van der Waals surface area contributed by atoms with E-state index in [0.29, 0.717) is 19.4 Å². The normalized spacial score (nSPS) is 29.9. The molecule has 1 aliphatic carbocycles. The summed E-state index contributed by atoms with van der Waals surface area (Å²) in [6.07, 6.45) is 5.06. The lowest BCUT2D eigenvalue weighted by Crippen LogP contribution is -2.44. The minimum atomic E-state index is -0.842. The van der Waals surface area contributed by atoms with Gasteiger partial charge in [-0.15, -0.1) is 0 Å². The molecular formula is C14H23NO4. The standard InChI is InChI=1S/C14H23NO4/c1-10-11(5-8-19-10)15-12(16)9-14(13(17)18)6-3-2-4-7-14/h10-11H,2-9H2,1H3,(H,15,16)(H,17,18). The molecule has 0 aromatic carbocycles. The van der Waals surface area contributed by atoms with Gasteiger partial charge in [0.1, 0.15) is 0 Å². The number of carboxylic acid groups (broad SMARTS) is 1. The first kappa shape index (κ1) is 14.3. The molecule has 2 unspecified atom stereocenters. The summed E-state index contributed by atoms with van der Waals surface area (Å²) in [5, 5.41) is 12.4. The molecule has 0 bridgehead atoms. The Labute approximate surface area is 113 Å². The van der Waals surface area contributed by atoms with Crippen LogP contribution in [0.25, 0.3) is 0 Å². The third-order valence-corrected chi connectivity index (χ3v) is 4.49. The molecule has 5 nitrogen and oxygen atoms in total. The second-order valence-electron chi connectivity index (χ2n) is 5.86. The third kappa shape index (κ3) is 3.26. The van der Waals surface area contributed by atoms with Crippen molar-refractivity contribution in [2.75, 3.05) is 6.61 Å². The van der Waals surface area contributed by atoms with Crippen LogP contribution in [0.4, 0.5) is 0 Å². The Morgan fingerprint density at radius 3 is 2.53 bits per heavy atom. The van der Waals surface area contributed by atoms with Crippen LogP contribution >= 0.6 is 0 Å². The van der Waals surface area contributed by atoms with E-state index in [4.69, 9.17) is 4.74 Å². The Hall–Kier alpha value is -1.10. The van der Waals surface area contributed by atoms with Crippen LogP contribution in [-0.2, 0) is 14.3 Å². The van der Waals surface area contributed by atoms with Crippen molar-refractivity contribution in [1.82, 2.24) is 5.32 Å². The molecule has 0 aromatic heterocycles. The minimum Gasteiger partial charge on any atom is -0.481 e. The lowest BCUT2D eigenvalue weighted by Gasteiger charge is -2.33. The molecule has 1 saturated carbocycles. The Morgan fingerprint density at radius 1 is 1.32 bits per heavy atom. The number of ether oxygens (including phenoxy) is 1. The van der Waals surface area contributed by atoms with Gasteiger partial charge < -0.3 is 15.2 Å². The van der Waals surface area contributed by atoms with Crippen molar-refractivity contribution in [3.63, 3.8) is 0 Å². The highest BCUT2D eigenvalue weighted by Gasteiger charge is 2.42. The first-order valence-electron chi connectivity index (χ1n) is 7.18. The molecule has 0 aromatic rings. The molecule has 1 saturated heterocycles. The van der Waals surface area contributed by atoms with Gasteiger partial charge in [-0.1, -0.05) is 19.3 Å². The molecule has 19 heavy (non-hydrogen) atoms. The number of hydrogen-bond acceptors (Lipinski definition) is 3. The Morgan fingerprint density at radius 2 is 2.00 bits per heavy atom. The van der Waals surface area contributed by atoms with Gasteiger partial charge in [0, 0.05) is 13.0 Å². The predicted octanol–water partition coefficient (Wildman–Crippen LogP) is 1.71. The van der Waals surface area contributed by atoms with Crippen LogP contribution in [0.1, 0.15) is 51.9 Å². The van der Waals surface area contributed by atoms with E-state index in [2.05, 4.69) is 5.32 Å². The fourth-order valence-corrected chi connectivity index (χ4v) is 3.18. The molecule has 1 amide bonds. The van der Waals surface area contributed by atoms with Crippen LogP contribution in [0.5, 0.6) is 0 Å². The number of carbonyl (C=O) groups is 2. The summed E-state index contributed by atoms with van der Waals surface area (Å²) in [6.45, 7) is 2.60. The average Bonchev–Trinajstić information content (AvgIpc) is 2.76. The van der Waals surface area contributed by atoms with Crippen LogP contribution in [-0.4, -0.2) is 35.7 Å². The molecule has 2 N–H and O–H groups in total. The van der Waals surface area contributed by atoms with Gasteiger partial charge in [0.05, 0.1) is 17.6 Å². The van der Waals surface area contributed by atoms with Gasteiger partial charge in [-0.25, -0.2) is 0 Å². The molecule has 2 fully saturated rings. The fraction of sp³-hybridized carbons (Fsp3) is 0.857. The van der Waals surface area contributed by atoms with E-state index >= 15 is 0 Å². The van der Waals surface area contributed by atoms with E-state index in [1.807, 2.05) is 6.92 Å². The summed E-state index contributed by atoms with van der Waals surface area (Å²) in [5.41, 5.74) is -0.842. The van der Waals surface area contributed by atoms with Gasteiger partial charge in [-0.3, -0.25) is 9.59 Å². The van der Waals surface area contributed by atoms with Gasteiger partial charge >= 0.3 is 5.97 Å². The molecule has 108 valence electrons. The topological polar surface area (TPSA) is 75.6 Å². The van der Waals surface area contributed by atoms with Crippen molar-refractivity contribution in [1.29, 1.82) is 0 Å². The van der Waals surface area contributed by atoms with Gasteiger partial charge in [0.25, 0.3) is 0 Å². The molecule has 2 atom stereocenters. The fourth-order valence-electron chi connectivity index (χ4n) is 3.18. The summed E-state index contributed by atoms with van der Waals surface area (Å²) in [6, 6.07) is 0.0296. The largest absolute Gasteiger partial charge is 0.481 e. The molecule has 2 aliphatic rings. The van der Waals surface area contributed by atoms with Crippen LogP contribution in [0.15, 0.2) is 0 Å². The smallest absolute Gasteiger partial charge is 0.310 e. The van der Waals surface area contributed by atoms with Gasteiger partial charge in [0.15, 0.2) is 0 Å². The maximum absolute atomic E-state index is 12.1. The minimum absolute atomic E-state index is 0.0242. The summed E-state index contributed by atoms with van der Waals surface area (Å²) < 4.78 is 5.40. The summed E-state index contributed by atoms with van der Waals surface area (Å²) in [7, 11) is 0. The number of aliphatic carboxylic acids is 1. The predicted molar refractivity (Wildman–Crippen MR) is 69.7 cm³/mol. The van der Waals surface area contributed by atoms with E-state index in [-0.39, 0.29) is 24.5 Å². The van der Waals surface area contributed by atoms with Crippen LogP contribution in [0, 0.1) is 5.41 Å². The van der Waals surface area contributed by atoms with E-state index < -0.39 is 11.4 Å². The monoisotopic (exact) mass is 269 g/mol. The number of carboxylic acids is 1. The van der Waals surface area contributed by atoms with Crippen molar-refractivity contribution >= 4 is 11.9 Å². The van der Waals surface area contributed by atoms with E-state index in [0.717, 1.165) is 25.7 Å². The van der Waals surface area contributed by atoms with Gasteiger partial charge in [-0.05, 0) is 26.2 Å². The Kier molecular flexibility index (Phi) is 4.45. The van der Waals surface area contributed by atoms with Crippen molar-refractivity contribution in [2.45, 2.75) is 64.0 Å². The number of hydrogen-bond donors (Lipinski definition) is 2. The average molecular weight is 269 g/mol. The molecule has 0 radical (unpaired) electrons. The maximum Gasteiger partial charge on any atom is 0.310 e. The SMILES string of the molecule is CC1OCCC1NC(=O)CC1(C(=O)O)CCCCC1. The van der Waals surface area contributed by atoms with E-state index in [1.165, 1.54) is 0 Å². The zero-order chi connectivity index (χ0) is 13.9. The van der Waals surface area contributed by atoms with Crippen molar-refractivity contribution in [2.24, 2.45) is 5.41 Å². The van der Waals surface area contributed by atoms with Gasteiger partial charge in [-0.2, -0.15) is 0 Å². The molecule has 1 heterocycles. The van der Waals surface area contributed by atoms with E-state index in [9.17, 15) is 14.7 Å². The summed E-state index contributed by atoms with van der Waals surface area (Å²) in [4.78, 5) is 23.6. The number of amides is 1. The lowest BCUT2D eigenvalue weighted by atomic mass is 9.71. The first-order valence-corrected chi connectivity index (χ1v) is 7.18. The van der Waals surface area contributed by atoms with Crippen molar-refractivity contribution < 1.29 is 19.4 Å². The molecule has 5 heteroatoms. The molecule has 2 rings (SSSR count). The zero-order valence-corrected chi connectivity index (χ0v) is 11.5. The number of carbonyl (C=O) groups excluding carboxylic acids is 1. The molecule has 0 spiro atoms. The highest BCUT2D eigenvalue weighted by molar-refractivity contribution is 5.85. The maximum atomic E-state index is 12.1.